The lowest BCUT2D eigenvalue weighted by Crippen LogP contribution is -2.29. The van der Waals surface area contributed by atoms with Crippen LogP contribution in [0.4, 0.5) is 5.69 Å². The molecule has 1 aliphatic rings. The van der Waals surface area contributed by atoms with Crippen LogP contribution in [-0.4, -0.2) is 12.0 Å². The Morgan fingerprint density at radius 2 is 1.77 bits per heavy atom. The van der Waals surface area contributed by atoms with Crippen LogP contribution in [0.15, 0.2) is 46.9 Å². The van der Waals surface area contributed by atoms with Gasteiger partial charge in [0.25, 0.3) is 4.92 Å². The van der Waals surface area contributed by atoms with Gasteiger partial charge in [0.05, 0.1) is 4.91 Å². The van der Waals surface area contributed by atoms with E-state index in [1.165, 1.54) is 12.7 Å². The number of nitrogens with one attached hydrogen (secondary N) is 1. The number of hydrogen-bond donors (Lipinski definition) is 2. The molecule has 22 heavy (non-hydrogen) atoms. The Bertz CT molecular complexity index is 642. The summed E-state index contributed by atoms with van der Waals surface area (Å²) >= 11 is 0. The van der Waals surface area contributed by atoms with E-state index in [0.717, 1.165) is 22.7 Å². The van der Waals surface area contributed by atoms with Gasteiger partial charge in [-0.3, -0.25) is 0 Å². The first-order chi connectivity index (χ1) is 10.4. The van der Waals surface area contributed by atoms with E-state index in [0.29, 0.717) is 16.5 Å². The fourth-order valence-corrected chi connectivity index (χ4v) is 3.05. The molecule has 0 aliphatic carbocycles. The first-order valence-electron chi connectivity index (χ1n) is 7.42. The van der Waals surface area contributed by atoms with Gasteiger partial charge in [0, 0.05) is 35.1 Å². The molecule has 0 fully saturated rings. The monoisotopic (exact) mass is 302 g/mol. The fourth-order valence-electron chi connectivity index (χ4n) is 3.05. The highest BCUT2D eigenvalue weighted by Gasteiger charge is 2.29. The predicted octanol–water partition coefficient (Wildman–Crippen LogP) is 3.47. The fraction of sp³-hybridized carbons (Fsp3) is 0.412. The van der Waals surface area contributed by atoms with E-state index in [4.69, 9.17) is 5.73 Å². The Balaban J connectivity index is 2.47. The van der Waals surface area contributed by atoms with Crippen molar-refractivity contribution in [3.05, 3.63) is 57.4 Å². The molecule has 118 valence electrons. The van der Waals surface area contributed by atoms with Gasteiger partial charge in [-0.15, -0.1) is 0 Å². The molecule has 0 saturated heterocycles. The van der Waals surface area contributed by atoms with Crippen molar-refractivity contribution in [2.24, 2.45) is 11.7 Å². The van der Waals surface area contributed by atoms with Crippen LogP contribution >= 0.6 is 0 Å². The van der Waals surface area contributed by atoms with Gasteiger partial charge in [-0.05, 0) is 30.9 Å². The van der Waals surface area contributed by atoms with Crippen LogP contribution in [-0.2, 0) is 4.84 Å². The Labute approximate surface area is 131 Å². The number of rotatable bonds is 4. The predicted molar refractivity (Wildman–Crippen MR) is 87.0 cm³/mol. The maximum Gasteiger partial charge on any atom is 0.316 e. The standard InChI is InChI=1S/C17H24N3O2/c1-10(2)15-11(3)19-12(4)17(18)16(15)13-6-8-14(9-7-13)20(21)22-5/h6-10,16,19H,18H2,1-5H3/q+1. The molecule has 1 aliphatic heterocycles. The maximum atomic E-state index is 11.5. The molecule has 3 N–H and O–H groups in total. The van der Waals surface area contributed by atoms with Crippen LogP contribution < -0.4 is 11.1 Å². The van der Waals surface area contributed by atoms with Crippen molar-refractivity contribution >= 4 is 5.69 Å². The van der Waals surface area contributed by atoms with Crippen LogP contribution in [0, 0.1) is 10.8 Å². The molecule has 5 nitrogen and oxygen atoms in total. The minimum Gasteiger partial charge on any atom is -0.400 e. The topological polar surface area (TPSA) is 67.4 Å². The summed E-state index contributed by atoms with van der Waals surface area (Å²) in [5.41, 5.74) is 12.1. The first-order valence-corrected chi connectivity index (χ1v) is 7.42. The molecule has 1 atom stereocenters. The summed E-state index contributed by atoms with van der Waals surface area (Å²) in [6, 6.07) is 7.38. The number of allylic oxidation sites excluding steroid dienone is 3. The van der Waals surface area contributed by atoms with E-state index in [-0.39, 0.29) is 5.92 Å². The normalized spacial score (nSPS) is 18.5. The van der Waals surface area contributed by atoms with Gasteiger partial charge in [0.15, 0.2) is 7.11 Å². The van der Waals surface area contributed by atoms with Gasteiger partial charge in [0.1, 0.15) is 0 Å². The quantitative estimate of drug-likeness (QED) is 0.836. The molecule has 0 spiro atoms. The minimum atomic E-state index is 0.0398. The third-order valence-electron chi connectivity index (χ3n) is 4.09. The van der Waals surface area contributed by atoms with E-state index in [1.807, 2.05) is 19.1 Å². The molecule has 0 amide bonds. The van der Waals surface area contributed by atoms with Crippen LogP contribution in [0.5, 0.6) is 0 Å². The second kappa shape index (κ2) is 6.22. The highest BCUT2D eigenvalue weighted by Crippen LogP contribution is 2.39. The van der Waals surface area contributed by atoms with E-state index in [9.17, 15) is 4.91 Å². The zero-order valence-corrected chi connectivity index (χ0v) is 13.8. The molecular formula is C17H24N3O2+. The van der Waals surface area contributed by atoms with Gasteiger partial charge in [0.2, 0.25) is 0 Å². The zero-order valence-electron chi connectivity index (χ0n) is 13.8. The molecule has 1 aromatic rings. The average Bonchev–Trinajstić information content (AvgIpc) is 2.49. The summed E-state index contributed by atoms with van der Waals surface area (Å²) in [4.78, 5) is 16.6. The third-order valence-corrected chi connectivity index (χ3v) is 4.09. The van der Waals surface area contributed by atoms with Gasteiger partial charge in [-0.25, -0.2) is 4.84 Å². The number of nitrogens with zero attached hydrogens (tertiary/aromatic N) is 1. The van der Waals surface area contributed by atoms with E-state index >= 15 is 0 Å². The lowest BCUT2D eigenvalue weighted by molar-refractivity contribution is -0.736. The molecule has 0 aromatic heterocycles. The summed E-state index contributed by atoms with van der Waals surface area (Å²) in [6.07, 6.45) is 0. The summed E-state index contributed by atoms with van der Waals surface area (Å²) < 4.78 is 0. The lowest BCUT2D eigenvalue weighted by atomic mass is 9.79. The molecule has 1 aromatic carbocycles. The second-order valence-electron chi connectivity index (χ2n) is 5.90. The molecule has 0 radical (unpaired) electrons. The van der Waals surface area contributed by atoms with Gasteiger partial charge >= 0.3 is 5.69 Å². The molecule has 0 bridgehead atoms. The molecule has 1 heterocycles. The Morgan fingerprint density at radius 1 is 1.18 bits per heavy atom. The molecule has 1 unspecified atom stereocenters. The first kappa shape index (κ1) is 16.1. The van der Waals surface area contributed by atoms with Crippen molar-refractivity contribution in [2.45, 2.75) is 33.6 Å². The number of dihydropyridines is 1. The summed E-state index contributed by atoms with van der Waals surface area (Å²) in [5, 5.41) is 3.35. The number of nitrogens with two attached hydrogens (primary N) is 1. The summed E-state index contributed by atoms with van der Waals surface area (Å²) in [5.74, 6) is 0.414. The van der Waals surface area contributed by atoms with E-state index < -0.39 is 0 Å². The van der Waals surface area contributed by atoms with Gasteiger partial charge in [-0.2, -0.15) is 0 Å². The second-order valence-corrected chi connectivity index (χ2v) is 5.90. The molecule has 0 saturated carbocycles. The number of benzene rings is 1. The Kier molecular flexibility index (Phi) is 4.54. The molecule has 5 heteroatoms. The van der Waals surface area contributed by atoms with Crippen molar-refractivity contribution in [1.29, 1.82) is 0 Å². The molecule has 2 rings (SSSR count). The molecular weight excluding hydrogens is 278 g/mol. The van der Waals surface area contributed by atoms with E-state index in [2.05, 4.69) is 30.9 Å². The Hall–Kier alpha value is -2.30. The van der Waals surface area contributed by atoms with E-state index in [1.54, 1.807) is 12.1 Å². The van der Waals surface area contributed by atoms with Crippen LogP contribution in [0.25, 0.3) is 0 Å². The third kappa shape index (κ3) is 2.84. The van der Waals surface area contributed by atoms with Crippen LogP contribution in [0.2, 0.25) is 0 Å². The van der Waals surface area contributed by atoms with Gasteiger partial charge < -0.3 is 11.1 Å². The SMILES string of the molecule is CO[N+](=O)c1ccc(C2C(N)=C(C)NC(C)=C2C(C)C)cc1. The van der Waals surface area contributed by atoms with Crippen molar-refractivity contribution in [3.8, 4) is 0 Å². The Morgan fingerprint density at radius 3 is 2.27 bits per heavy atom. The van der Waals surface area contributed by atoms with Crippen LogP contribution in [0.3, 0.4) is 0 Å². The minimum absolute atomic E-state index is 0.0398. The van der Waals surface area contributed by atoms with Crippen LogP contribution in [0.1, 0.15) is 39.2 Å². The maximum absolute atomic E-state index is 11.5. The summed E-state index contributed by atoms with van der Waals surface area (Å²) in [7, 11) is 1.35. The smallest absolute Gasteiger partial charge is 0.316 e. The lowest BCUT2D eigenvalue weighted by Gasteiger charge is -2.32. The van der Waals surface area contributed by atoms with Crippen molar-refractivity contribution in [3.63, 3.8) is 0 Å². The largest absolute Gasteiger partial charge is 0.400 e. The highest BCUT2D eigenvalue weighted by atomic mass is 16.8. The van der Waals surface area contributed by atoms with Gasteiger partial charge in [-0.1, -0.05) is 26.0 Å². The summed E-state index contributed by atoms with van der Waals surface area (Å²) in [6.45, 7) is 8.40. The van der Waals surface area contributed by atoms with Crippen molar-refractivity contribution < 1.29 is 9.76 Å². The number of hydrogen-bond acceptors (Lipinski definition) is 4. The zero-order chi connectivity index (χ0) is 16.4. The van der Waals surface area contributed by atoms with Crippen molar-refractivity contribution in [1.82, 2.24) is 5.32 Å². The van der Waals surface area contributed by atoms with Crippen molar-refractivity contribution in [2.75, 3.05) is 7.11 Å². The highest BCUT2D eigenvalue weighted by molar-refractivity contribution is 5.47. The average molecular weight is 302 g/mol.